The van der Waals surface area contributed by atoms with Crippen molar-refractivity contribution in [3.05, 3.63) is 112 Å². The van der Waals surface area contributed by atoms with Crippen LogP contribution in [0.2, 0.25) is 0 Å². The minimum absolute atomic E-state index is 0.140. The zero-order chi connectivity index (χ0) is 30.0. The van der Waals surface area contributed by atoms with Gasteiger partial charge in [0.15, 0.2) is 11.5 Å². The summed E-state index contributed by atoms with van der Waals surface area (Å²) in [6.07, 6.45) is 6.38. The second-order valence-corrected chi connectivity index (χ2v) is 9.64. The lowest BCUT2D eigenvalue weighted by Crippen LogP contribution is -2.42. The lowest BCUT2D eigenvalue weighted by molar-refractivity contribution is 0.102. The first-order chi connectivity index (χ1) is 20.1. The van der Waals surface area contributed by atoms with Gasteiger partial charge < -0.3 is 14.8 Å². The van der Waals surface area contributed by atoms with Gasteiger partial charge >= 0.3 is 5.69 Å². The van der Waals surface area contributed by atoms with Crippen LogP contribution >= 0.6 is 0 Å². The molecule has 0 spiro atoms. The average Bonchev–Trinajstić information content (AvgIpc) is 3.41. The third-order valence-electron chi connectivity index (χ3n) is 6.38. The topological polar surface area (TPSA) is 122 Å². The summed E-state index contributed by atoms with van der Waals surface area (Å²) in [7, 11) is 3.28. The second-order valence-electron chi connectivity index (χ2n) is 9.64. The number of hydrogen-bond donors (Lipinski definition) is 1. The highest BCUT2D eigenvalue weighted by Gasteiger charge is 2.20. The zero-order valence-corrected chi connectivity index (χ0v) is 23.2. The molecule has 0 bridgehead atoms. The molecule has 0 aliphatic carbocycles. The molecule has 0 radical (unpaired) electrons. The van der Waals surface area contributed by atoms with E-state index >= 15 is 0 Å². The normalized spacial score (nSPS) is 11.0. The second kappa shape index (κ2) is 11.5. The molecule has 11 nitrogen and oxygen atoms in total. The fourth-order valence-corrected chi connectivity index (χ4v) is 4.26. The average molecular weight is 571 g/mol. The highest BCUT2D eigenvalue weighted by molar-refractivity contribution is 6.04. The van der Waals surface area contributed by atoms with Gasteiger partial charge in [0, 0.05) is 55.1 Å². The van der Waals surface area contributed by atoms with Gasteiger partial charge in [0.05, 0.1) is 24.7 Å². The number of ether oxygens (including phenoxy) is 2. The number of carbonyl (C=O) groups excluding carboxylic acids is 1. The summed E-state index contributed by atoms with van der Waals surface area (Å²) in [6, 6.07) is 12.7. The fraction of sp³-hybridized carbons (Fsp3) is 0.167. The number of aromatic nitrogens is 5. The molecule has 5 rings (SSSR count). The van der Waals surface area contributed by atoms with Crippen molar-refractivity contribution in [3.8, 4) is 34.2 Å². The standard InChI is InChI=1S/C30H27FN6O5/c1-18(2)36-17-24(29(39)37(30(36)40)22-8-5-20(31)6-9-22)28(38)34-21-7-10-26(27(13-21)41-4)42-23-11-12-32-25(14-23)19-15-33-35(3)16-19/h5-18H,1-4H3,(H,34,38). The molecule has 0 saturated carbocycles. The smallest absolute Gasteiger partial charge is 0.335 e. The molecule has 1 amide bonds. The number of anilines is 1. The highest BCUT2D eigenvalue weighted by Crippen LogP contribution is 2.35. The van der Waals surface area contributed by atoms with Gasteiger partial charge in [0.2, 0.25) is 0 Å². The van der Waals surface area contributed by atoms with E-state index in [0.717, 1.165) is 22.3 Å². The van der Waals surface area contributed by atoms with Crippen LogP contribution in [0.25, 0.3) is 16.9 Å². The van der Waals surface area contributed by atoms with Crippen molar-refractivity contribution in [2.24, 2.45) is 7.05 Å². The monoisotopic (exact) mass is 570 g/mol. The van der Waals surface area contributed by atoms with E-state index < -0.39 is 23.0 Å². The number of nitrogens with one attached hydrogen (secondary N) is 1. The Hall–Kier alpha value is -5.52. The molecule has 3 heterocycles. The molecule has 42 heavy (non-hydrogen) atoms. The van der Waals surface area contributed by atoms with Crippen molar-refractivity contribution in [1.29, 1.82) is 0 Å². The Kier molecular flexibility index (Phi) is 7.69. The molecular formula is C30H27FN6O5. The van der Waals surface area contributed by atoms with Crippen molar-refractivity contribution in [1.82, 2.24) is 23.9 Å². The van der Waals surface area contributed by atoms with Gasteiger partial charge in [-0.3, -0.25) is 23.8 Å². The van der Waals surface area contributed by atoms with Gasteiger partial charge in [-0.05, 0) is 56.3 Å². The molecule has 1 N–H and O–H groups in total. The lowest BCUT2D eigenvalue weighted by Gasteiger charge is -2.16. The van der Waals surface area contributed by atoms with E-state index in [1.54, 1.807) is 61.3 Å². The molecule has 12 heteroatoms. The Balaban J connectivity index is 1.43. The Bertz CT molecular complexity index is 1890. The maximum Gasteiger partial charge on any atom is 0.335 e. The third kappa shape index (κ3) is 5.68. The largest absolute Gasteiger partial charge is 0.493 e. The van der Waals surface area contributed by atoms with Crippen molar-refractivity contribution in [2.75, 3.05) is 12.4 Å². The molecule has 2 aromatic carbocycles. The Morgan fingerprint density at radius 2 is 1.76 bits per heavy atom. The Morgan fingerprint density at radius 1 is 1.00 bits per heavy atom. The first-order valence-electron chi connectivity index (χ1n) is 12.9. The van der Waals surface area contributed by atoms with Gasteiger partial charge in [0.1, 0.15) is 17.1 Å². The van der Waals surface area contributed by atoms with Crippen LogP contribution in [0.15, 0.2) is 89.0 Å². The molecule has 0 fully saturated rings. The predicted octanol–water partition coefficient (Wildman–Crippen LogP) is 4.57. The van der Waals surface area contributed by atoms with Gasteiger partial charge in [-0.15, -0.1) is 0 Å². The predicted molar refractivity (Wildman–Crippen MR) is 154 cm³/mol. The number of aryl methyl sites for hydroxylation is 1. The van der Waals surface area contributed by atoms with Crippen LogP contribution in [-0.2, 0) is 7.05 Å². The number of amides is 1. The van der Waals surface area contributed by atoms with Crippen LogP contribution in [0.1, 0.15) is 30.2 Å². The molecule has 5 aromatic rings. The number of benzene rings is 2. The van der Waals surface area contributed by atoms with E-state index in [4.69, 9.17) is 9.47 Å². The first kappa shape index (κ1) is 28.0. The van der Waals surface area contributed by atoms with Crippen LogP contribution in [0, 0.1) is 5.82 Å². The van der Waals surface area contributed by atoms with Gasteiger partial charge in [-0.2, -0.15) is 5.10 Å². The van der Waals surface area contributed by atoms with Crippen LogP contribution in [0.5, 0.6) is 17.2 Å². The van der Waals surface area contributed by atoms with Gasteiger partial charge in [-0.25, -0.2) is 13.8 Å². The minimum Gasteiger partial charge on any atom is -0.493 e. The van der Waals surface area contributed by atoms with Crippen molar-refractivity contribution < 1.29 is 18.7 Å². The minimum atomic E-state index is -0.838. The highest BCUT2D eigenvalue weighted by atomic mass is 19.1. The quantitative estimate of drug-likeness (QED) is 0.290. The van der Waals surface area contributed by atoms with Crippen LogP contribution in [0.4, 0.5) is 10.1 Å². The third-order valence-corrected chi connectivity index (χ3v) is 6.38. The van der Waals surface area contributed by atoms with Crippen molar-refractivity contribution in [2.45, 2.75) is 19.9 Å². The molecule has 0 aliphatic rings. The van der Waals surface area contributed by atoms with E-state index in [1.165, 1.54) is 30.0 Å². The van der Waals surface area contributed by atoms with Crippen LogP contribution < -0.4 is 26.0 Å². The number of carbonyl (C=O) groups is 1. The summed E-state index contributed by atoms with van der Waals surface area (Å²) in [5.74, 6) is -0.0501. The van der Waals surface area contributed by atoms with Crippen molar-refractivity contribution >= 4 is 11.6 Å². The van der Waals surface area contributed by atoms with Crippen molar-refractivity contribution in [3.63, 3.8) is 0 Å². The Morgan fingerprint density at radius 3 is 2.43 bits per heavy atom. The van der Waals surface area contributed by atoms with E-state index in [9.17, 15) is 18.8 Å². The summed E-state index contributed by atoms with van der Waals surface area (Å²) in [6.45, 7) is 3.49. The number of pyridine rings is 1. The number of halogens is 1. The van der Waals surface area contributed by atoms with Crippen LogP contribution in [0.3, 0.4) is 0 Å². The number of rotatable bonds is 8. The van der Waals surface area contributed by atoms with Gasteiger partial charge in [0.25, 0.3) is 11.5 Å². The molecule has 0 aliphatic heterocycles. The molecule has 3 aromatic heterocycles. The molecule has 0 atom stereocenters. The molecular weight excluding hydrogens is 543 g/mol. The van der Waals surface area contributed by atoms with Gasteiger partial charge in [-0.1, -0.05) is 0 Å². The maximum atomic E-state index is 13.5. The first-order valence-corrected chi connectivity index (χ1v) is 12.9. The zero-order valence-electron chi connectivity index (χ0n) is 23.2. The van der Waals surface area contributed by atoms with E-state index in [-0.39, 0.29) is 17.3 Å². The summed E-state index contributed by atoms with van der Waals surface area (Å²) in [5, 5.41) is 6.85. The van der Waals surface area contributed by atoms with Crippen LogP contribution in [-0.4, -0.2) is 36.9 Å². The summed E-state index contributed by atoms with van der Waals surface area (Å²) in [4.78, 5) is 44.1. The van der Waals surface area contributed by atoms with E-state index in [2.05, 4.69) is 15.4 Å². The molecule has 0 unspecified atom stereocenters. The Labute approximate surface area is 239 Å². The SMILES string of the molecule is COc1cc(NC(=O)c2cn(C(C)C)c(=O)n(-c3ccc(F)cc3)c2=O)ccc1Oc1ccnc(-c2cnn(C)c2)c1. The molecule has 214 valence electrons. The van der Waals surface area contributed by atoms with E-state index in [1.807, 2.05) is 13.2 Å². The lowest BCUT2D eigenvalue weighted by atomic mass is 10.2. The summed E-state index contributed by atoms with van der Waals surface area (Å²) in [5.41, 5.74) is 0.213. The summed E-state index contributed by atoms with van der Waals surface area (Å²) >= 11 is 0. The number of hydrogen-bond acceptors (Lipinski definition) is 7. The number of methoxy groups -OCH3 is 1. The fourth-order valence-electron chi connectivity index (χ4n) is 4.26. The van der Waals surface area contributed by atoms with E-state index in [0.29, 0.717) is 28.6 Å². The summed E-state index contributed by atoms with van der Waals surface area (Å²) < 4.78 is 28.8. The number of nitrogens with zero attached hydrogens (tertiary/aromatic N) is 5. The molecule has 0 saturated heterocycles. The maximum absolute atomic E-state index is 13.5.